The average Bonchev–Trinajstić information content (AvgIpc) is 1.88. The molecule has 10 heavy (non-hydrogen) atoms. The van der Waals surface area contributed by atoms with Gasteiger partial charge in [0.1, 0.15) is 5.69 Å². The predicted octanol–water partition coefficient (Wildman–Crippen LogP) is 2.07. The van der Waals surface area contributed by atoms with Gasteiger partial charge in [0, 0.05) is 0 Å². The van der Waals surface area contributed by atoms with Crippen molar-refractivity contribution < 1.29 is 8.78 Å². The molecule has 0 atom stereocenters. The summed E-state index contributed by atoms with van der Waals surface area (Å²) >= 11 is 5.30. The van der Waals surface area contributed by atoms with Gasteiger partial charge >= 0.3 is 0 Å². The molecule has 0 fully saturated rings. The Hall–Kier alpha value is -0.770. The van der Waals surface area contributed by atoms with Crippen LogP contribution < -0.4 is 0 Å². The standard InChI is InChI=1S/C5H3ClF2N2/c6-4-2-1-3(5(7)8)9-10-4/h1-2,5H. The maximum Gasteiger partial charge on any atom is 0.282 e. The fraction of sp³-hybridized carbons (Fsp3) is 0.200. The molecule has 0 amide bonds. The summed E-state index contributed by atoms with van der Waals surface area (Å²) in [5.41, 5.74) is -0.357. The largest absolute Gasteiger partial charge is 0.282 e. The van der Waals surface area contributed by atoms with Crippen molar-refractivity contribution in [3.63, 3.8) is 0 Å². The van der Waals surface area contributed by atoms with Gasteiger partial charge in [-0.15, -0.1) is 10.2 Å². The van der Waals surface area contributed by atoms with Gasteiger partial charge in [-0.25, -0.2) is 8.78 Å². The molecule has 0 bridgehead atoms. The van der Waals surface area contributed by atoms with Gasteiger partial charge in [-0.1, -0.05) is 11.6 Å². The maximum absolute atomic E-state index is 11.8. The van der Waals surface area contributed by atoms with Gasteiger partial charge in [0.15, 0.2) is 5.15 Å². The molecule has 0 aliphatic heterocycles. The van der Waals surface area contributed by atoms with E-state index in [1.165, 1.54) is 6.07 Å². The quantitative estimate of drug-likeness (QED) is 0.635. The topological polar surface area (TPSA) is 25.8 Å². The molecular weight excluding hydrogens is 162 g/mol. The minimum Gasteiger partial charge on any atom is -0.203 e. The Balaban J connectivity index is 2.89. The molecule has 0 radical (unpaired) electrons. The first-order chi connectivity index (χ1) is 4.70. The summed E-state index contributed by atoms with van der Waals surface area (Å²) in [7, 11) is 0. The van der Waals surface area contributed by atoms with Crippen molar-refractivity contribution in [2.45, 2.75) is 6.43 Å². The molecule has 0 spiro atoms. The van der Waals surface area contributed by atoms with Crippen LogP contribution in [0.15, 0.2) is 12.1 Å². The average molecular weight is 165 g/mol. The van der Waals surface area contributed by atoms with Crippen LogP contribution in [0, 0.1) is 0 Å². The molecule has 2 nitrogen and oxygen atoms in total. The van der Waals surface area contributed by atoms with Gasteiger partial charge in [-0.3, -0.25) is 0 Å². The van der Waals surface area contributed by atoms with E-state index < -0.39 is 6.43 Å². The molecule has 0 aliphatic carbocycles. The highest BCUT2D eigenvalue weighted by Gasteiger charge is 2.07. The number of alkyl halides is 2. The monoisotopic (exact) mass is 164 g/mol. The van der Waals surface area contributed by atoms with Crippen molar-refractivity contribution >= 4 is 11.6 Å². The molecule has 0 aromatic carbocycles. The van der Waals surface area contributed by atoms with Crippen molar-refractivity contribution in [3.8, 4) is 0 Å². The Morgan fingerprint density at radius 1 is 1.30 bits per heavy atom. The first-order valence-electron chi connectivity index (χ1n) is 2.47. The third-order valence-corrected chi connectivity index (χ3v) is 1.08. The Morgan fingerprint density at radius 3 is 2.40 bits per heavy atom. The van der Waals surface area contributed by atoms with Crippen LogP contribution in [0.1, 0.15) is 12.1 Å². The zero-order valence-corrected chi connectivity index (χ0v) is 5.52. The first kappa shape index (κ1) is 7.34. The molecule has 1 aromatic rings. The lowest BCUT2D eigenvalue weighted by atomic mass is 10.4. The van der Waals surface area contributed by atoms with Crippen molar-refractivity contribution in [3.05, 3.63) is 23.0 Å². The number of rotatable bonds is 1. The van der Waals surface area contributed by atoms with Gasteiger partial charge in [-0.2, -0.15) is 0 Å². The van der Waals surface area contributed by atoms with Crippen LogP contribution in [0.2, 0.25) is 5.15 Å². The predicted molar refractivity (Wildman–Crippen MR) is 32.0 cm³/mol. The second kappa shape index (κ2) is 2.88. The summed E-state index contributed by atoms with van der Waals surface area (Å²) in [4.78, 5) is 0. The molecule has 1 aromatic heterocycles. The summed E-state index contributed by atoms with van der Waals surface area (Å²) in [5.74, 6) is 0. The Labute approximate surface area is 60.8 Å². The minimum atomic E-state index is -2.58. The first-order valence-corrected chi connectivity index (χ1v) is 2.85. The Bertz CT molecular complexity index is 211. The lowest BCUT2D eigenvalue weighted by molar-refractivity contribution is 0.145. The summed E-state index contributed by atoms with van der Waals surface area (Å²) in [6.07, 6.45) is -2.58. The Morgan fingerprint density at radius 2 is 2.00 bits per heavy atom. The lowest BCUT2D eigenvalue weighted by Gasteiger charge is -1.94. The van der Waals surface area contributed by atoms with Crippen LogP contribution in [0.3, 0.4) is 0 Å². The van der Waals surface area contributed by atoms with Gasteiger partial charge in [0.2, 0.25) is 0 Å². The summed E-state index contributed by atoms with van der Waals surface area (Å²) < 4.78 is 23.5. The van der Waals surface area contributed by atoms with Gasteiger partial charge in [0.25, 0.3) is 6.43 Å². The summed E-state index contributed by atoms with van der Waals surface area (Å²) in [6, 6.07) is 2.41. The van der Waals surface area contributed by atoms with Crippen molar-refractivity contribution in [1.29, 1.82) is 0 Å². The van der Waals surface area contributed by atoms with E-state index >= 15 is 0 Å². The molecule has 0 saturated carbocycles. The highest BCUT2D eigenvalue weighted by atomic mass is 35.5. The zero-order valence-electron chi connectivity index (χ0n) is 4.76. The van der Waals surface area contributed by atoms with Crippen molar-refractivity contribution in [1.82, 2.24) is 10.2 Å². The Kier molecular flexibility index (Phi) is 2.11. The normalized spacial score (nSPS) is 10.4. The van der Waals surface area contributed by atoms with E-state index in [9.17, 15) is 8.78 Å². The van der Waals surface area contributed by atoms with Crippen molar-refractivity contribution in [2.24, 2.45) is 0 Å². The number of hydrogen-bond acceptors (Lipinski definition) is 2. The van der Waals surface area contributed by atoms with E-state index in [0.29, 0.717) is 0 Å². The molecule has 0 aliphatic rings. The second-order valence-corrected chi connectivity index (χ2v) is 1.97. The number of halogens is 3. The van der Waals surface area contributed by atoms with E-state index in [2.05, 4.69) is 10.2 Å². The van der Waals surface area contributed by atoms with Crippen LogP contribution in [0.5, 0.6) is 0 Å². The van der Waals surface area contributed by atoms with E-state index in [1.807, 2.05) is 0 Å². The van der Waals surface area contributed by atoms with E-state index in [1.54, 1.807) is 0 Å². The van der Waals surface area contributed by atoms with Crippen LogP contribution >= 0.6 is 11.6 Å². The van der Waals surface area contributed by atoms with E-state index in [-0.39, 0.29) is 10.8 Å². The SMILES string of the molecule is FC(F)c1ccc(Cl)nn1. The third-order valence-electron chi connectivity index (χ3n) is 0.876. The fourth-order valence-corrected chi connectivity index (χ4v) is 0.543. The van der Waals surface area contributed by atoms with Gasteiger partial charge in [-0.05, 0) is 12.1 Å². The third kappa shape index (κ3) is 1.60. The smallest absolute Gasteiger partial charge is 0.203 e. The van der Waals surface area contributed by atoms with E-state index in [4.69, 9.17) is 11.6 Å². The van der Waals surface area contributed by atoms with Gasteiger partial charge < -0.3 is 0 Å². The van der Waals surface area contributed by atoms with Crippen LogP contribution in [-0.4, -0.2) is 10.2 Å². The molecule has 0 N–H and O–H groups in total. The molecule has 0 saturated heterocycles. The molecular formula is C5H3ClF2N2. The minimum absolute atomic E-state index is 0.115. The molecule has 1 rings (SSSR count). The van der Waals surface area contributed by atoms with E-state index in [0.717, 1.165) is 6.07 Å². The number of aromatic nitrogens is 2. The number of hydrogen-bond donors (Lipinski definition) is 0. The number of nitrogens with zero attached hydrogens (tertiary/aromatic N) is 2. The van der Waals surface area contributed by atoms with Gasteiger partial charge in [0.05, 0.1) is 0 Å². The van der Waals surface area contributed by atoms with Crippen LogP contribution in [-0.2, 0) is 0 Å². The summed E-state index contributed by atoms with van der Waals surface area (Å²) in [6.45, 7) is 0. The highest BCUT2D eigenvalue weighted by molar-refractivity contribution is 6.29. The zero-order chi connectivity index (χ0) is 7.56. The summed E-state index contributed by atoms with van der Waals surface area (Å²) in [5, 5.41) is 6.50. The fourth-order valence-electron chi connectivity index (χ4n) is 0.443. The molecule has 5 heteroatoms. The van der Waals surface area contributed by atoms with Crippen LogP contribution in [0.4, 0.5) is 8.78 Å². The van der Waals surface area contributed by atoms with Crippen molar-refractivity contribution in [2.75, 3.05) is 0 Å². The molecule has 1 heterocycles. The molecule has 0 unspecified atom stereocenters. The lowest BCUT2D eigenvalue weighted by Crippen LogP contribution is -1.91. The maximum atomic E-state index is 11.8. The highest BCUT2D eigenvalue weighted by Crippen LogP contribution is 2.15. The second-order valence-electron chi connectivity index (χ2n) is 1.58. The van der Waals surface area contributed by atoms with Crippen LogP contribution in [0.25, 0.3) is 0 Å². The molecule has 54 valence electrons.